The van der Waals surface area contributed by atoms with Crippen molar-refractivity contribution in [3.63, 3.8) is 0 Å². The van der Waals surface area contributed by atoms with Crippen LogP contribution in [-0.2, 0) is 0 Å². The molecule has 2 aliphatic heterocycles. The van der Waals surface area contributed by atoms with E-state index in [1.807, 2.05) is 12.4 Å². The Labute approximate surface area is 147 Å². The Kier molecular flexibility index (Phi) is 4.89. The van der Waals surface area contributed by atoms with E-state index in [1.165, 1.54) is 43.6 Å². The van der Waals surface area contributed by atoms with Gasteiger partial charge in [0.2, 0.25) is 0 Å². The average Bonchev–Trinajstić information content (AvgIpc) is 2.70. The second-order valence-corrected chi connectivity index (χ2v) is 8.99. The fourth-order valence-electron chi connectivity index (χ4n) is 4.89. The number of anilines is 1. The number of aromatic nitrogens is 1. The molecular weight excluding hydrogens is 296 g/mol. The van der Waals surface area contributed by atoms with E-state index in [0.717, 1.165) is 13.1 Å². The van der Waals surface area contributed by atoms with Gasteiger partial charge in [0.15, 0.2) is 0 Å². The van der Waals surface area contributed by atoms with Crippen molar-refractivity contribution in [3.05, 3.63) is 24.0 Å². The van der Waals surface area contributed by atoms with Gasteiger partial charge in [-0.25, -0.2) is 0 Å². The van der Waals surface area contributed by atoms with Crippen LogP contribution in [0.4, 0.5) is 5.69 Å². The Bertz CT molecular complexity index is 551. The zero-order chi connectivity index (χ0) is 17.4. The van der Waals surface area contributed by atoms with Crippen molar-refractivity contribution in [2.45, 2.75) is 71.0 Å². The monoisotopic (exact) mass is 330 g/mol. The van der Waals surface area contributed by atoms with E-state index in [0.29, 0.717) is 6.04 Å². The van der Waals surface area contributed by atoms with E-state index in [9.17, 15) is 0 Å². The maximum atomic E-state index is 4.24. The van der Waals surface area contributed by atoms with E-state index in [2.05, 4.69) is 60.8 Å². The molecule has 134 valence electrons. The van der Waals surface area contributed by atoms with Gasteiger partial charge >= 0.3 is 0 Å². The fourth-order valence-corrected chi connectivity index (χ4v) is 4.89. The molecule has 0 spiro atoms. The van der Waals surface area contributed by atoms with Crippen LogP contribution in [0.15, 0.2) is 18.5 Å². The first-order valence-corrected chi connectivity index (χ1v) is 9.45. The van der Waals surface area contributed by atoms with Gasteiger partial charge in [-0.2, -0.15) is 0 Å². The zero-order valence-corrected chi connectivity index (χ0v) is 16.1. The van der Waals surface area contributed by atoms with Gasteiger partial charge < -0.3 is 10.2 Å². The molecular formula is C20H34N4. The summed E-state index contributed by atoms with van der Waals surface area (Å²) < 4.78 is 0. The molecule has 1 aromatic heterocycles. The van der Waals surface area contributed by atoms with Gasteiger partial charge in [-0.05, 0) is 65.5 Å². The molecule has 2 fully saturated rings. The van der Waals surface area contributed by atoms with Crippen LogP contribution in [0, 0.1) is 6.92 Å². The summed E-state index contributed by atoms with van der Waals surface area (Å²) in [4.78, 5) is 9.54. The Morgan fingerprint density at radius 2 is 1.75 bits per heavy atom. The number of nitrogens with one attached hydrogen (secondary N) is 1. The first-order valence-electron chi connectivity index (χ1n) is 9.45. The summed E-state index contributed by atoms with van der Waals surface area (Å²) in [5, 5.41) is 3.81. The largest absolute Gasteiger partial charge is 0.370 e. The van der Waals surface area contributed by atoms with Crippen LogP contribution in [0.1, 0.15) is 52.5 Å². The van der Waals surface area contributed by atoms with E-state index < -0.39 is 0 Å². The van der Waals surface area contributed by atoms with Gasteiger partial charge in [-0.1, -0.05) is 0 Å². The summed E-state index contributed by atoms with van der Waals surface area (Å²) in [6, 6.07) is 2.86. The van der Waals surface area contributed by atoms with Crippen LogP contribution in [0.3, 0.4) is 0 Å². The highest BCUT2D eigenvalue weighted by atomic mass is 15.2. The van der Waals surface area contributed by atoms with Crippen molar-refractivity contribution in [1.82, 2.24) is 15.2 Å². The van der Waals surface area contributed by atoms with Crippen molar-refractivity contribution < 1.29 is 0 Å². The van der Waals surface area contributed by atoms with E-state index in [-0.39, 0.29) is 11.1 Å². The Hall–Kier alpha value is -1.13. The summed E-state index contributed by atoms with van der Waals surface area (Å²) in [5.41, 5.74) is 3.09. The molecule has 3 rings (SSSR count). The molecule has 0 aliphatic carbocycles. The van der Waals surface area contributed by atoms with Crippen LogP contribution in [0.2, 0.25) is 0 Å². The van der Waals surface area contributed by atoms with Gasteiger partial charge in [0, 0.05) is 61.4 Å². The zero-order valence-electron chi connectivity index (χ0n) is 16.1. The van der Waals surface area contributed by atoms with Crippen molar-refractivity contribution in [2.75, 3.05) is 31.1 Å². The molecule has 0 radical (unpaired) electrons. The topological polar surface area (TPSA) is 31.4 Å². The normalized spacial score (nSPS) is 25.5. The molecule has 0 bridgehead atoms. The molecule has 1 aromatic rings. The minimum Gasteiger partial charge on any atom is -0.370 e. The molecule has 24 heavy (non-hydrogen) atoms. The predicted molar refractivity (Wildman–Crippen MR) is 102 cm³/mol. The lowest BCUT2D eigenvalue weighted by Crippen LogP contribution is -2.62. The van der Waals surface area contributed by atoms with Gasteiger partial charge in [0.05, 0.1) is 0 Å². The third kappa shape index (κ3) is 4.09. The number of nitrogens with zero attached hydrogens (tertiary/aromatic N) is 3. The second-order valence-electron chi connectivity index (χ2n) is 8.99. The first-order chi connectivity index (χ1) is 11.3. The number of piperidine rings is 1. The third-order valence-electron chi connectivity index (χ3n) is 5.55. The molecule has 2 aliphatic rings. The summed E-state index contributed by atoms with van der Waals surface area (Å²) in [6.45, 7) is 16.2. The van der Waals surface area contributed by atoms with Crippen molar-refractivity contribution in [1.29, 1.82) is 0 Å². The summed E-state index contributed by atoms with van der Waals surface area (Å²) in [7, 11) is 0. The van der Waals surface area contributed by atoms with Crippen molar-refractivity contribution >= 4 is 5.69 Å². The van der Waals surface area contributed by atoms with Crippen LogP contribution < -0.4 is 10.2 Å². The molecule has 4 nitrogen and oxygen atoms in total. The van der Waals surface area contributed by atoms with E-state index in [1.54, 1.807) is 0 Å². The lowest BCUT2D eigenvalue weighted by atomic mass is 9.79. The average molecular weight is 331 g/mol. The van der Waals surface area contributed by atoms with Crippen LogP contribution in [0.25, 0.3) is 0 Å². The molecule has 0 unspecified atom stereocenters. The molecule has 4 heteroatoms. The molecule has 0 amide bonds. The highest BCUT2D eigenvalue weighted by Gasteiger charge is 2.40. The minimum atomic E-state index is 0.222. The lowest BCUT2D eigenvalue weighted by Gasteiger charge is -2.49. The first kappa shape index (κ1) is 17.7. The molecule has 2 saturated heterocycles. The predicted octanol–water partition coefficient (Wildman–Crippen LogP) is 3.21. The Morgan fingerprint density at radius 1 is 1.04 bits per heavy atom. The smallest absolute Gasteiger partial charge is 0.0427 e. The Balaban J connectivity index is 1.68. The summed E-state index contributed by atoms with van der Waals surface area (Å²) in [6.07, 6.45) is 7.63. The summed E-state index contributed by atoms with van der Waals surface area (Å²) in [5.74, 6) is 0. The highest BCUT2D eigenvalue weighted by molar-refractivity contribution is 5.51. The van der Waals surface area contributed by atoms with Crippen molar-refractivity contribution in [3.8, 4) is 0 Å². The lowest BCUT2D eigenvalue weighted by molar-refractivity contribution is 0.0703. The number of pyridine rings is 1. The van der Waals surface area contributed by atoms with Gasteiger partial charge in [-0.15, -0.1) is 0 Å². The molecule has 1 N–H and O–H groups in total. The maximum absolute atomic E-state index is 4.24. The fraction of sp³-hybridized carbons (Fsp3) is 0.750. The van der Waals surface area contributed by atoms with Gasteiger partial charge in [0.25, 0.3) is 0 Å². The third-order valence-corrected chi connectivity index (χ3v) is 5.55. The molecule has 3 heterocycles. The molecule has 0 aromatic carbocycles. The van der Waals surface area contributed by atoms with E-state index >= 15 is 0 Å². The Morgan fingerprint density at radius 3 is 2.42 bits per heavy atom. The highest BCUT2D eigenvalue weighted by Crippen LogP contribution is 2.32. The molecule has 0 atom stereocenters. The number of hydrogen-bond donors (Lipinski definition) is 1. The number of aryl methyl sites for hydroxylation is 1. The molecule has 0 saturated carbocycles. The van der Waals surface area contributed by atoms with Gasteiger partial charge in [0.1, 0.15) is 0 Å². The maximum Gasteiger partial charge on any atom is 0.0427 e. The van der Waals surface area contributed by atoms with Crippen molar-refractivity contribution in [2.24, 2.45) is 0 Å². The number of hydrogen-bond acceptors (Lipinski definition) is 4. The quantitative estimate of drug-likeness (QED) is 0.902. The van der Waals surface area contributed by atoms with Crippen LogP contribution in [-0.4, -0.2) is 53.2 Å². The minimum absolute atomic E-state index is 0.222. The van der Waals surface area contributed by atoms with Gasteiger partial charge in [-0.3, -0.25) is 9.88 Å². The summed E-state index contributed by atoms with van der Waals surface area (Å²) >= 11 is 0. The SMILES string of the molecule is Cc1cnccc1N1CCCN(C2CC(C)(C)NC(C)(C)C2)CC1. The number of rotatable bonds is 2. The van der Waals surface area contributed by atoms with Crippen LogP contribution >= 0.6 is 0 Å². The van der Waals surface area contributed by atoms with E-state index in [4.69, 9.17) is 0 Å². The standard InChI is InChI=1S/C20H34N4/c1-16-15-21-8-7-18(16)24-10-6-9-23(11-12-24)17-13-19(2,3)22-20(4,5)14-17/h7-8,15,17,22H,6,9-14H2,1-5H3. The van der Waals surface area contributed by atoms with Crippen LogP contribution in [0.5, 0.6) is 0 Å². The second kappa shape index (κ2) is 6.64.